The molecule has 60 heavy (non-hydrogen) atoms. The van der Waals surface area contributed by atoms with Crippen molar-refractivity contribution < 1.29 is 18.4 Å². The van der Waals surface area contributed by atoms with Crippen molar-refractivity contribution in [3.8, 4) is 5.75 Å². The zero-order valence-corrected chi connectivity index (χ0v) is 39.2. The van der Waals surface area contributed by atoms with Gasteiger partial charge in [-0.05, 0) is 80.1 Å². The van der Waals surface area contributed by atoms with E-state index >= 15 is 0 Å². The highest BCUT2D eigenvalue weighted by molar-refractivity contribution is 7.14. The molecule has 0 radical (unpaired) electrons. The Bertz CT molecular complexity index is 2190. The van der Waals surface area contributed by atoms with E-state index in [1.807, 2.05) is 12.1 Å². The number of unbranched alkanes of at least 4 members (excludes halogenated alkanes) is 1. The second kappa shape index (κ2) is 20.1. The van der Waals surface area contributed by atoms with Gasteiger partial charge in [0.15, 0.2) is 6.29 Å². The maximum absolute atomic E-state index is 11.4. The van der Waals surface area contributed by atoms with Crippen molar-refractivity contribution in [2.45, 2.75) is 64.5 Å². The van der Waals surface area contributed by atoms with Crippen LogP contribution in [0.2, 0.25) is 10.1 Å². The van der Waals surface area contributed by atoms with Gasteiger partial charge >= 0.3 is 0 Å². The Morgan fingerprint density at radius 1 is 0.550 bits per heavy atom. The van der Waals surface area contributed by atoms with Crippen LogP contribution >= 0.6 is 11.3 Å². The van der Waals surface area contributed by atoms with Gasteiger partial charge in [0.25, 0.3) is 16.6 Å². The molecular formula is C52H61NO4SSi2. The van der Waals surface area contributed by atoms with Gasteiger partial charge in [0, 0.05) is 42.4 Å². The summed E-state index contributed by atoms with van der Waals surface area (Å²) in [6.07, 6.45) is 6.76. The quantitative estimate of drug-likeness (QED) is 0.0462. The molecule has 312 valence electrons. The van der Waals surface area contributed by atoms with Crippen LogP contribution in [0.5, 0.6) is 5.75 Å². The summed E-state index contributed by atoms with van der Waals surface area (Å²) in [4.78, 5) is 15.3. The van der Waals surface area contributed by atoms with Crippen LogP contribution in [0.3, 0.4) is 0 Å². The number of aldehydes is 1. The van der Waals surface area contributed by atoms with Crippen LogP contribution in [-0.4, -0.2) is 56.3 Å². The summed E-state index contributed by atoms with van der Waals surface area (Å²) in [7, 11) is -3.14. The lowest BCUT2D eigenvalue weighted by Crippen LogP contribution is -2.67. The molecule has 0 aliphatic heterocycles. The van der Waals surface area contributed by atoms with Crippen LogP contribution in [0.25, 0.3) is 12.2 Å². The van der Waals surface area contributed by atoms with Crippen LogP contribution in [-0.2, 0) is 8.85 Å². The lowest BCUT2D eigenvalue weighted by molar-refractivity contribution is 0.112. The van der Waals surface area contributed by atoms with Crippen molar-refractivity contribution >= 4 is 72.8 Å². The summed E-state index contributed by atoms with van der Waals surface area (Å²) in [6, 6.07) is 53.5. The predicted octanol–water partition coefficient (Wildman–Crippen LogP) is 10.5. The number of thiophene rings is 1. The number of likely N-dealkylation sites (N-methyl/N-ethyl adjacent to an activating group) is 1. The monoisotopic (exact) mass is 851 g/mol. The van der Waals surface area contributed by atoms with E-state index < -0.39 is 16.6 Å². The van der Waals surface area contributed by atoms with Crippen LogP contribution < -0.4 is 30.4 Å². The topological polar surface area (TPSA) is 48.0 Å². The number of nitrogens with zero attached hydrogens (tertiary/aromatic N) is 1. The Morgan fingerprint density at radius 3 is 1.45 bits per heavy atom. The highest BCUT2D eigenvalue weighted by Gasteiger charge is 2.51. The third-order valence-corrected chi connectivity index (χ3v) is 22.4. The molecular weight excluding hydrogens is 791 g/mol. The molecule has 5 aromatic carbocycles. The maximum atomic E-state index is 11.4. The van der Waals surface area contributed by atoms with Gasteiger partial charge in [-0.3, -0.25) is 4.79 Å². The molecule has 6 aromatic rings. The molecule has 8 heteroatoms. The van der Waals surface area contributed by atoms with E-state index in [0.29, 0.717) is 31.2 Å². The molecule has 1 aromatic heterocycles. The normalized spacial score (nSPS) is 12.4. The largest absolute Gasteiger partial charge is 0.493 e. The summed E-state index contributed by atoms with van der Waals surface area (Å²) in [5.41, 5.74) is 2.04. The van der Waals surface area contributed by atoms with Crippen molar-refractivity contribution in [3.05, 3.63) is 167 Å². The third kappa shape index (κ3) is 10.2. The average Bonchev–Trinajstić information content (AvgIpc) is 3.73. The zero-order valence-electron chi connectivity index (χ0n) is 36.4. The van der Waals surface area contributed by atoms with E-state index in [1.54, 1.807) is 0 Å². The Labute approximate surface area is 365 Å². The molecule has 0 saturated carbocycles. The van der Waals surface area contributed by atoms with Crippen molar-refractivity contribution in [2.75, 3.05) is 38.3 Å². The Kier molecular flexibility index (Phi) is 15.0. The fourth-order valence-electron chi connectivity index (χ4n) is 8.32. The summed E-state index contributed by atoms with van der Waals surface area (Å²) in [6.45, 7) is 16.4. The van der Waals surface area contributed by atoms with E-state index in [0.717, 1.165) is 41.0 Å². The Hall–Kier alpha value is -4.84. The predicted molar refractivity (Wildman–Crippen MR) is 260 cm³/mol. The van der Waals surface area contributed by atoms with Crippen molar-refractivity contribution in [2.24, 2.45) is 0 Å². The smallest absolute Gasteiger partial charge is 0.261 e. The molecule has 0 atom stereocenters. The third-order valence-electron chi connectivity index (χ3n) is 11.3. The highest BCUT2D eigenvalue weighted by atomic mass is 32.1. The molecule has 6 rings (SSSR count). The van der Waals surface area contributed by atoms with Gasteiger partial charge in [-0.25, -0.2) is 0 Å². The number of rotatable bonds is 19. The summed E-state index contributed by atoms with van der Waals surface area (Å²) < 4.78 is 21.0. The highest BCUT2D eigenvalue weighted by Crippen LogP contribution is 2.38. The number of benzene rings is 5. The summed E-state index contributed by atoms with van der Waals surface area (Å²) in [5, 5.41) is 4.98. The molecule has 5 nitrogen and oxygen atoms in total. The first-order valence-electron chi connectivity index (χ1n) is 21.1. The molecule has 1 heterocycles. The molecule has 0 spiro atoms. The fourth-order valence-corrected chi connectivity index (χ4v) is 18.2. The first-order chi connectivity index (χ1) is 28.9. The van der Waals surface area contributed by atoms with Gasteiger partial charge in [0.2, 0.25) is 0 Å². The number of carbonyl (C=O) groups excluding carboxylic acids is 1. The second-order valence-corrected chi connectivity index (χ2v) is 27.2. The van der Waals surface area contributed by atoms with Gasteiger partial charge in [-0.1, -0.05) is 163 Å². The molecule has 0 saturated heterocycles. The maximum Gasteiger partial charge on any atom is 0.261 e. The van der Waals surface area contributed by atoms with Gasteiger partial charge < -0.3 is 18.5 Å². The van der Waals surface area contributed by atoms with Crippen LogP contribution in [0.15, 0.2) is 152 Å². The SMILES string of the molecule is CN(CCO[Si](c1ccccc1)(c1ccccc1)C(C)(C)C)c1ccc(C=Cc2ccc(C=O)s2)c(OCCCCO[Si](c2ccccc2)(c2ccccc2)C(C)(C)C)c1. The molecule has 0 N–H and O–H groups in total. The molecule has 0 aliphatic rings. The molecule has 0 aliphatic carbocycles. The molecule has 0 fully saturated rings. The first-order valence-corrected chi connectivity index (χ1v) is 25.7. The zero-order chi connectivity index (χ0) is 42.6. The number of hydrogen-bond donors (Lipinski definition) is 0. The minimum absolute atomic E-state index is 0.0699. The number of anilines is 1. The van der Waals surface area contributed by atoms with E-state index in [-0.39, 0.29) is 10.1 Å². The molecule has 0 bridgehead atoms. The fraction of sp³-hybridized carbons (Fsp3) is 0.288. The molecule has 0 amide bonds. The average molecular weight is 852 g/mol. The minimum atomic E-state index is -2.66. The van der Waals surface area contributed by atoms with Crippen LogP contribution in [0.4, 0.5) is 5.69 Å². The van der Waals surface area contributed by atoms with E-state index in [2.05, 4.69) is 205 Å². The van der Waals surface area contributed by atoms with Crippen molar-refractivity contribution in [3.63, 3.8) is 0 Å². The van der Waals surface area contributed by atoms with E-state index in [9.17, 15) is 4.79 Å². The lowest BCUT2D eigenvalue weighted by atomic mass is 10.1. The van der Waals surface area contributed by atoms with Gasteiger partial charge in [0.05, 0.1) is 18.1 Å². The number of ether oxygens (including phenoxy) is 1. The Morgan fingerprint density at radius 2 is 1.00 bits per heavy atom. The minimum Gasteiger partial charge on any atom is -0.493 e. The van der Waals surface area contributed by atoms with Gasteiger partial charge in [-0.2, -0.15) is 0 Å². The number of hydrogen-bond acceptors (Lipinski definition) is 6. The van der Waals surface area contributed by atoms with Crippen LogP contribution in [0.1, 0.15) is 74.5 Å². The summed E-state index contributed by atoms with van der Waals surface area (Å²) >= 11 is 1.48. The lowest BCUT2D eigenvalue weighted by Gasteiger charge is -2.43. The standard InChI is InChI=1S/C52H61NO4SSi2/c1-51(2,3)59(46-22-12-8-13-23-46,47-24-14-9-15-25-47)56-38-21-20-37-55-50-40-43(32-30-42(50)31-33-44-34-35-45(41-54)58-44)53(7)36-39-57-60(52(4,5)6,48-26-16-10-17-27-48)49-28-18-11-19-29-49/h8-19,22-35,40-41H,20-21,36-39H2,1-7H3. The van der Waals surface area contributed by atoms with Gasteiger partial charge in [0.1, 0.15) is 5.75 Å². The van der Waals surface area contributed by atoms with Gasteiger partial charge in [-0.15, -0.1) is 11.3 Å². The van der Waals surface area contributed by atoms with E-state index in [1.165, 1.54) is 32.1 Å². The first kappa shape index (κ1) is 44.7. The van der Waals surface area contributed by atoms with Crippen molar-refractivity contribution in [1.82, 2.24) is 0 Å². The second-order valence-electron chi connectivity index (χ2n) is 17.4. The molecule has 0 unspecified atom stereocenters. The number of carbonyl (C=O) groups is 1. The summed E-state index contributed by atoms with van der Waals surface area (Å²) in [5.74, 6) is 0.823. The Balaban J connectivity index is 1.18. The van der Waals surface area contributed by atoms with Crippen LogP contribution in [0, 0.1) is 0 Å². The van der Waals surface area contributed by atoms with Crippen molar-refractivity contribution in [1.29, 1.82) is 0 Å². The van der Waals surface area contributed by atoms with E-state index in [4.69, 9.17) is 13.6 Å².